The highest BCUT2D eigenvalue weighted by Gasteiger charge is 2.18. The number of hydrogen-bond acceptors (Lipinski definition) is 4. The fraction of sp³-hybridized carbons (Fsp3) is 0.526. The van der Waals surface area contributed by atoms with Crippen LogP contribution in [0.5, 0.6) is 11.5 Å². The first-order valence-electron chi connectivity index (χ1n) is 8.52. The van der Waals surface area contributed by atoms with Gasteiger partial charge in [0.05, 0.1) is 14.2 Å². The molecule has 0 bridgehead atoms. The van der Waals surface area contributed by atoms with Crippen molar-refractivity contribution in [2.75, 3.05) is 34.4 Å². The van der Waals surface area contributed by atoms with Gasteiger partial charge in [-0.1, -0.05) is 18.9 Å². The summed E-state index contributed by atoms with van der Waals surface area (Å²) in [6.45, 7) is 1.56. The number of benzene rings is 1. The molecule has 24 heavy (non-hydrogen) atoms. The average Bonchev–Trinajstić information content (AvgIpc) is 3.14. The quantitative estimate of drug-likeness (QED) is 0.744. The van der Waals surface area contributed by atoms with Crippen LogP contribution in [-0.4, -0.2) is 51.2 Å². The molecule has 1 aliphatic rings. The fourth-order valence-electron chi connectivity index (χ4n) is 3.07. The summed E-state index contributed by atoms with van der Waals surface area (Å²) < 4.78 is 10.5. The van der Waals surface area contributed by atoms with Crippen LogP contribution in [0.15, 0.2) is 24.3 Å². The van der Waals surface area contributed by atoms with Gasteiger partial charge in [0.1, 0.15) is 0 Å². The van der Waals surface area contributed by atoms with E-state index in [0.717, 1.165) is 12.1 Å². The van der Waals surface area contributed by atoms with E-state index in [-0.39, 0.29) is 5.91 Å². The Labute approximate surface area is 144 Å². The molecule has 1 N–H and O–H groups in total. The third-order valence-electron chi connectivity index (χ3n) is 4.55. The molecule has 1 saturated carbocycles. The van der Waals surface area contributed by atoms with Crippen LogP contribution in [0.1, 0.15) is 31.2 Å². The molecule has 5 nitrogen and oxygen atoms in total. The lowest BCUT2D eigenvalue weighted by molar-refractivity contribution is -0.116. The summed E-state index contributed by atoms with van der Waals surface area (Å²) in [5.74, 6) is 1.25. The van der Waals surface area contributed by atoms with Crippen LogP contribution in [0.3, 0.4) is 0 Å². The maximum atomic E-state index is 11.9. The van der Waals surface area contributed by atoms with Gasteiger partial charge in [-0.3, -0.25) is 4.79 Å². The van der Waals surface area contributed by atoms with E-state index in [1.54, 1.807) is 26.4 Å². The largest absolute Gasteiger partial charge is 0.493 e. The summed E-state index contributed by atoms with van der Waals surface area (Å²) >= 11 is 0. The Morgan fingerprint density at radius 1 is 1.25 bits per heavy atom. The molecule has 0 saturated heterocycles. The summed E-state index contributed by atoms with van der Waals surface area (Å²) in [6.07, 6.45) is 8.55. The van der Waals surface area contributed by atoms with Crippen molar-refractivity contribution in [3.8, 4) is 11.5 Å². The zero-order valence-corrected chi connectivity index (χ0v) is 14.9. The summed E-state index contributed by atoms with van der Waals surface area (Å²) in [5.41, 5.74) is 0.894. The van der Waals surface area contributed by atoms with Crippen molar-refractivity contribution in [1.29, 1.82) is 0 Å². The van der Waals surface area contributed by atoms with E-state index in [1.165, 1.54) is 25.7 Å². The molecule has 1 aliphatic carbocycles. The molecule has 1 aromatic rings. The summed E-state index contributed by atoms with van der Waals surface area (Å²) in [4.78, 5) is 14.3. The highest BCUT2D eigenvalue weighted by molar-refractivity contribution is 5.91. The number of carbonyl (C=O) groups is 1. The molecule has 1 fully saturated rings. The maximum Gasteiger partial charge on any atom is 0.244 e. The second-order valence-electron chi connectivity index (χ2n) is 6.16. The Morgan fingerprint density at radius 2 is 1.96 bits per heavy atom. The molecule has 2 rings (SSSR count). The minimum absolute atomic E-state index is 0.0791. The monoisotopic (exact) mass is 332 g/mol. The van der Waals surface area contributed by atoms with Crippen LogP contribution >= 0.6 is 0 Å². The molecule has 1 aromatic carbocycles. The highest BCUT2D eigenvalue weighted by atomic mass is 16.5. The highest BCUT2D eigenvalue weighted by Crippen LogP contribution is 2.27. The first kappa shape index (κ1) is 18.3. The third kappa shape index (κ3) is 5.27. The SMILES string of the molecule is COc1ccc(C=CC(=O)NCCN(C)C2CCCC2)cc1OC. The van der Waals surface area contributed by atoms with E-state index in [1.807, 2.05) is 18.2 Å². The van der Waals surface area contributed by atoms with E-state index in [0.29, 0.717) is 24.1 Å². The zero-order chi connectivity index (χ0) is 17.4. The van der Waals surface area contributed by atoms with E-state index in [4.69, 9.17) is 9.47 Å². The second kappa shape index (κ2) is 9.33. The van der Waals surface area contributed by atoms with Crippen molar-refractivity contribution < 1.29 is 14.3 Å². The van der Waals surface area contributed by atoms with Crippen molar-refractivity contribution >= 4 is 12.0 Å². The van der Waals surface area contributed by atoms with Crippen LogP contribution in [0.4, 0.5) is 0 Å². The summed E-state index contributed by atoms with van der Waals surface area (Å²) in [6, 6.07) is 6.24. The minimum atomic E-state index is -0.0791. The predicted octanol–water partition coefficient (Wildman–Crippen LogP) is 2.71. The van der Waals surface area contributed by atoms with Crippen molar-refractivity contribution in [1.82, 2.24) is 10.2 Å². The Morgan fingerprint density at radius 3 is 2.62 bits per heavy atom. The van der Waals surface area contributed by atoms with Crippen LogP contribution in [0, 0.1) is 0 Å². The van der Waals surface area contributed by atoms with Crippen LogP contribution in [0.2, 0.25) is 0 Å². The number of amides is 1. The van der Waals surface area contributed by atoms with Gasteiger partial charge in [0.15, 0.2) is 11.5 Å². The number of hydrogen-bond donors (Lipinski definition) is 1. The van der Waals surface area contributed by atoms with Gasteiger partial charge in [0.25, 0.3) is 0 Å². The zero-order valence-electron chi connectivity index (χ0n) is 14.9. The second-order valence-corrected chi connectivity index (χ2v) is 6.16. The average molecular weight is 332 g/mol. The predicted molar refractivity (Wildman–Crippen MR) is 96.5 cm³/mol. The molecule has 0 unspecified atom stereocenters. The number of nitrogens with zero attached hydrogens (tertiary/aromatic N) is 1. The number of methoxy groups -OCH3 is 2. The molecule has 0 aliphatic heterocycles. The summed E-state index contributed by atoms with van der Waals surface area (Å²) in [7, 11) is 5.34. The van der Waals surface area contributed by atoms with Crippen LogP contribution < -0.4 is 14.8 Å². The molecule has 0 radical (unpaired) electrons. The lowest BCUT2D eigenvalue weighted by atomic mass is 10.2. The normalized spacial score (nSPS) is 15.2. The molecular weight excluding hydrogens is 304 g/mol. The van der Waals surface area contributed by atoms with Gasteiger partial charge in [0.2, 0.25) is 5.91 Å². The minimum Gasteiger partial charge on any atom is -0.493 e. The van der Waals surface area contributed by atoms with E-state index < -0.39 is 0 Å². The number of ether oxygens (including phenoxy) is 2. The first-order valence-corrected chi connectivity index (χ1v) is 8.52. The van der Waals surface area contributed by atoms with Gasteiger partial charge in [-0.25, -0.2) is 0 Å². The van der Waals surface area contributed by atoms with Crippen molar-refractivity contribution in [3.63, 3.8) is 0 Å². The Hall–Kier alpha value is -2.01. The van der Waals surface area contributed by atoms with Gasteiger partial charge >= 0.3 is 0 Å². The van der Waals surface area contributed by atoms with Gasteiger partial charge < -0.3 is 19.7 Å². The van der Waals surface area contributed by atoms with Gasteiger partial charge in [-0.15, -0.1) is 0 Å². The molecule has 1 amide bonds. The van der Waals surface area contributed by atoms with Gasteiger partial charge in [-0.05, 0) is 43.7 Å². The lowest BCUT2D eigenvalue weighted by Crippen LogP contribution is -2.36. The molecule has 0 aromatic heterocycles. The molecular formula is C19H28N2O3. The fourth-order valence-corrected chi connectivity index (χ4v) is 3.07. The van der Waals surface area contributed by atoms with Crippen LogP contribution in [0.25, 0.3) is 6.08 Å². The smallest absolute Gasteiger partial charge is 0.244 e. The van der Waals surface area contributed by atoms with E-state index in [9.17, 15) is 4.79 Å². The van der Waals surface area contributed by atoms with Crippen molar-refractivity contribution in [2.45, 2.75) is 31.7 Å². The number of rotatable bonds is 8. The number of carbonyl (C=O) groups excluding carboxylic acids is 1. The van der Waals surface area contributed by atoms with Gasteiger partial charge in [-0.2, -0.15) is 0 Å². The van der Waals surface area contributed by atoms with Crippen LogP contribution in [-0.2, 0) is 4.79 Å². The van der Waals surface area contributed by atoms with E-state index in [2.05, 4.69) is 17.3 Å². The molecule has 0 heterocycles. The van der Waals surface area contributed by atoms with Crippen molar-refractivity contribution in [2.24, 2.45) is 0 Å². The maximum absolute atomic E-state index is 11.9. The Bertz CT molecular complexity index is 566. The van der Waals surface area contributed by atoms with Gasteiger partial charge in [0, 0.05) is 25.2 Å². The first-order chi connectivity index (χ1) is 11.6. The topological polar surface area (TPSA) is 50.8 Å². The molecule has 5 heteroatoms. The lowest BCUT2D eigenvalue weighted by Gasteiger charge is -2.23. The number of likely N-dealkylation sites (N-methyl/N-ethyl adjacent to an activating group) is 1. The molecule has 132 valence electrons. The molecule has 0 atom stereocenters. The Balaban J connectivity index is 1.78. The molecule has 0 spiro atoms. The summed E-state index contributed by atoms with van der Waals surface area (Å²) in [5, 5.41) is 2.94. The Kier molecular flexibility index (Phi) is 7.12. The van der Waals surface area contributed by atoms with E-state index >= 15 is 0 Å². The third-order valence-corrected chi connectivity index (χ3v) is 4.55. The number of nitrogens with one attached hydrogen (secondary N) is 1. The van der Waals surface area contributed by atoms with Crippen molar-refractivity contribution in [3.05, 3.63) is 29.8 Å². The standard InChI is InChI=1S/C19H28N2O3/c1-21(16-6-4-5-7-16)13-12-20-19(22)11-9-15-8-10-17(23-2)18(14-15)24-3/h8-11,14,16H,4-7,12-13H2,1-3H3,(H,20,22).